The van der Waals surface area contributed by atoms with Gasteiger partial charge in [-0.15, -0.1) is 0 Å². The van der Waals surface area contributed by atoms with Gasteiger partial charge in [-0.1, -0.05) is 108 Å². The van der Waals surface area contributed by atoms with Crippen LogP contribution in [0.4, 0.5) is 0 Å². The van der Waals surface area contributed by atoms with Crippen LogP contribution in [0.25, 0.3) is 0 Å². The highest BCUT2D eigenvalue weighted by atomic mass is 35.6. The summed E-state index contributed by atoms with van der Waals surface area (Å²) in [6.45, 7) is 2.02. The third-order valence-corrected chi connectivity index (χ3v) is 5.25. The molecule has 2 aromatic rings. The summed E-state index contributed by atoms with van der Waals surface area (Å²) in [5.41, 5.74) is 1.97. The van der Waals surface area contributed by atoms with Crippen molar-refractivity contribution in [2.45, 2.75) is 41.6 Å². The second kappa shape index (κ2) is 12.0. The first-order chi connectivity index (χ1) is 15.3. The van der Waals surface area contributed by atoms with Gasteiger partial charge in [0.05, 0.1) is 12.7 Å². The largest absolute Gasteiger partial charge is 0.459 e. The maximum atomic E-state index is 12.8. The smallest absolute Gasteiger partial charge is 0.336 e. The molecule has 1 heterocycles. The normalized spacial score (nSPS) is 21.8. The van der Waals surface area contributed by atoms with Crippen LogP contribution in [0.3, 0.4) is 0 Å². The van der Waals surface area contributed by atoms with Crippen molar-refractivity contribution in [3.63, 3.8) is 0 Å². The molecule has 172 valence electrons. The fourth-order valence-electron chi connectivity index (χ4n) is 3.28. The van der Waals surface area contributed by atoms with E-state index in [1.54, 1.807) is 0 Å². The van der Waals surface area contributed by atoms with E-state index in [4.69, 9.17) is 53.8 Å². The van der Waals surface area contributed by atoms with Gasteiger partial charge in [0.1, 0.15) is 19.5 Å². The van der Waals surface area contributed by atoms with Crippen LogP contribution in [0.5, 0.6) is 0 Å². The van der Waals surface area contributed by atoms with E-state index in [-0.39, 0.29) is 25.4 Å². The Hall–Kier alpha value is -1.60. The lowest BCUT2D eigenvalue weighted by molar-refractivity contribution is -0.172. The van der Waals surface area contributed by atoms with Gasteiger partial charge < -0.3 is 18.9 Å². The molecule has 0 bridgehead atoms. The van der Waals surface area contributed by atoms with Gasteiger partial charge in [-0.3, -0.25) is 0 Å². The molecule has 0 amide bonds. The van der Waals surface area contributed by atoms with Crippen LogP contribution in [0, 0.1) is 0 Å². The van der Waals surface area contributed by atoms with Crippen LogP contribution < -0.4 is 0 Å². The van der Waals surface area contributed by atoms with Crippen LogP contribution in [0.2, 0.25) is 0 Å². The van der Waals surface area contributed by atoms with E-state index in [9.17, 15) is 4.79 Å². The van der Waals surface area contributed by atoms with Crippen molar-refractivity contribution in [1.82, 2.24) is 0 Å². The minimum absolute atomic E-state index is 0.0915. The van der Waals surface area contributed by atoms with Gasteiger partial charge in [0, 0.05) is 5.92 Å². The quantitative estimate of drug-likeness (QED) is 0.148. The molecule has 32 heavy (non-hydrogen) atoms. The van der Waals surface area contributed by atoms with Gasteiger partial charge in [0.2, 0.25) is 3.79 Å². The highest BCUT2D eigenvalue weighted by molar-refractivity contribution is 6.67. The van der Waals surface area contributed by atoms with Crippen LogP contribution >= 0.6 is 34.8 Å². The summed E-state index contributed by atoms with van der Waals surface area (Å²) in [7, 11) is 0. The monoisotopic (exact) mass is 498 g/mol. The maximum Gasteiger partial charge on any atom is 0.336 e. The standard InChI is InChI=1S/C24H25Cl3O5/c1-17(31-16-29-14-18-8-4-2-5-9-18)21-13-12-20(19-10-6-3-7-11-19)22(32-21)23(28)30-15-24(25,26)27/h2-13,17,20-22H,14-16H2,1H3/t17-,20-,21+,22-/m0/s1. The summed E-state index contributed by atoms with van der Waals surface area (Å²) in [6, 6.07) is 19.4. The molecule has 4 atom stereocenters. The Morgan fingerprint density at radius 1 is 1.03 bits per heavy atom. The Kier molecular flexibility index (Phi) is 9.41. The van der Waals surface area contributed by atoms with Crippen LogP contribution in [0.1, 0.15) is 24.0 Å². The van der Waals surface area contributed by atoms with Gasteiger partial charge in [-0.05, 0) is 18.1 Å². The zero-order valence-electron chi connectivity index (χ0n) is 17.5. The van der Waals surface area contributed by atoms with E-state index in [0.29, 0.717) is 6.61 Å². The number of esters is 1. The van der Waals surface area contributed by atoms with Crippen molar-refractivity contribution in [1.29, 1.82) is 0 Å². The molecule has 0 saturated heterocycles. The van der Waals surface area contributed by atoms with E-state index in [1.165, 1.54) is 0 Å². The lowest BCUT2D eigenvalue weighted by atomic mass is 9.90. The minimum atomic E-state index is -1.70. The Bertz CT molecular complexity index is 870. The lowest BCUT2D eigenvalue weighted by Gasteiger charge is -2.34. The molecule has 1 aliphatic heterocycles. The van der Waals surface area contributed by atoms with Crippen LogP contribution in [-0.2, 0) is 30.3 Å². The zero-order chi connectivity index (χ0) is 23.0. The number of hydrogen-bond donors (Lipinski definition) is 0. The lowest BCUT2D eigenvalue weighted by Crippen LogP contribution is -2.42. The van der Waals surface area contributed by atoms with E-state index < -0.39 is 22.0 Å². The Morgan fingerprint density at radius 3 is 2.34 bits per heavy atom. The molecule has 0 aliphatic carbocycles. The topological polar surface area (TPSA) is 54.0 Å². The molecule has 0 unspecified atom stereocenters. The summed E-state index contributed by atoms with van der Waals surface area (Å²) in [4.78, 5) is 12.8. The summed E-state index contributed by atoms with van der Waals surface area (Å²) < 4.78 is 21.0. The molecule has 2 aromatic carbocycles. The van der Waals surface area contributed by atoms with Gasteiger partial charge in [-0.2, -0.15) is 0 Å². The first-order valence-corrected chi connectivity index (χ1v) is 11.3. The average Bonchev–Trinajstić information content (AvgIpc) is 2.80. The number of alkyl halides is 3. The van der Waals surface area contributed by atoms with Gasteiger partial charge in [0.25, 0.3) is 0 Å². The van der Waals surface area contributed by atoms with Gasteiger partial charge >= 0.3 is 5.97 Å². The Morgan fingerprint density at radius 2 is 1.69 bits per heavy atom. The molecule has 1 aliphatic rings. The number of hydrogen-bond acceptors (Lipinski definition) is 5. The SMILES string of the molecule is C[C@H](OCOCc1ccccc1)[C@H]1C=C[C@@H](c2ccccc2)[C@@H](C(=O)OCC(Cl)(Cl)Cl)O1. The fraction of sp³-hybridized carbons (Fsp3) is 0.375. The van der Waals surface area contributed by atoms with Crippen molar-refractivity contribution in [3.8, 4) is 0 Å². The van der Waals surface area contributed by atoms with Crippen molar-refractivity contribution < 1.29 is 23.7 Å². The molecule has 0 fully saturated rings. The first kappa shape index (κ1) is 25.0. The molecular weight excluding hydrogens is 475 g/mol. The van der Waals surface area contributed by atoms with Crippen molar-refractivity contribution in [3.05, 3.63) is 83.9 Å². The van der Waals surface area contributed by atoms with Crippen LogP contribution in [-0.4, -0.2) is 41.5 Å². The second-order valence-corrected chi connectivity index (χ2v) is 9.91. The average molecular weight is 500 g/mol. The van der Waals surface area contributed by atoms with Crippen molar-refractivity contribution >= 4 is 40.8 Å². The van der Waals surface area contributed by atoms with Gasteiger partial charge in [0.15, 0.2) is 6.10 Å². The zero-order valence-corrected chi connectivity index (χ0v) is 19.8. The van der Waals surface area contributed by atoms with E-state index >= 15 is 0 Å². The Labute approximate surface area is 203 Å². The highest BCUT2D eigenvalue weighted by Crippen LogP contribution is 2.32. The van der Waals surface area contributed by atoms with Gasteiger partial charge in [-0.25, -0.2) is 4.79 Å². The molecule has 0 aromatic heterocycles. The number of ether oxygens (including phenoxy) is 4. The van der Waals surface area contributed by atoms with E-state index in [2.05, 4.69) is 0 Å². The number of benzene rings is 2. The summed E-state index contributed by atoms with van der Waals surface area (Å²) in [6.07, 6.45) is 2.08. The summed E-state index contributed by atoms with van der Waals surface area (Å²) in [5.74, 6) is -0.941. The number of rotatable bonds is 9. The molecule has 8 heteroatoms. The third kappa shape index (κ3) is 7.77. The summed E-state index contributed by atoms with van der Waals surface area (Å²) in [5, 5.41) is 0. The molecule has 3 rings (SSSR count). The Balaban J connectivity index is 1.61. The van der Waals surface area contributed by atoms with E-state index in [0.717, 1.165) is 11.1 Å². The first-order valence-electron chi connectivity index (χ1n) is 10.2. The predicted octanol–water partition coefficient (Wildman–Crippen LogP) is 5.59. The second-order valence-electron chi connectivity index (χ2n) is 7.39. The summed E-state index contributed by atoms with van der Waals surface area (Å²) >= 11 is 17.2. The molecule has 0 spiro atoms. The maximum absolute atomic E-state index is 12.8. The number of halogens is 3. The molecular formula is C24H25Cl3O5. The van der Waals surface area contributed by atoms with Crippen LogP contribution in [0.15, 0.2) is 72.8 Å². The molecule has 5 nitrogen and oxygen atoms in total. The molecule has 0 N–H and O–H groups in total. The van der Waals surface area contributed by atoms with E-state index in [1.807, 2.05) is 79.7 Å². The van der Waals surface area contributed by atoms with Crippen molar-refractivity contribution in [2.24, 2.45) is 0 Å². The predicted molar refractivity (Wildman–Crippen MR) is 125 cm³/mol. The number of carbonyl (C=O) groups excluding carboxylic acids is 1. The highest BCUT2D eigenvalue weighted by Gasteiger charge is 2.38. The molecule has 0 saturated carbocycles. The third-order valence-electron chi connectivity index (χ3n) is 4.92. The van der Waals surface area contributed by atoms with Crippen molar-refractivity contribution in [2.75, 3.05) is 13.4 Å². The molecule has 0 radical (unpaired) electrons. The number of carbonyl (C=O) groups is 1. The fourth-order valence-corrected chi connectivity index (χ4v) is 3.44. The minimum Gasteiger partial charge on any atom is -0.459 e.